The molecule has 130 valence electrons. The SMILES string of the molecule is CC(C)C[C@H](N)C(=O)OCCCCOC(=O)[C@@H](N)CC(C)C. The maximum atomic E-state index is 11.6. The van der Waals surface area contributed by atoms with Crippen LogP contribution in [-0.2, 0) is 19.1 Å². The van der Waals surface area contributed by atoms with Crippen molar-refractivity contribution < 1.29 is 19.1 Å². The summed E-state index contributed by atoms with van der Waals surface area (Å²) in [5.41, 5.74) is 11.4. The summed E-state index contributed by atoms with van der Waals surface area (Å²) in [6.07, 6.45) is 2.49. The highest BCUT2D eigenvalue weighted by Gasteiger charge is 2.17. The number of hydrogen-bond acceptors (Lipinski definition) is 6. The number of carbonyl (C=O) groups excluding carboxylic acids is 2. The highest BCUT2D eigenvalue weighted by molar-refractivity contribution is 5.75. The van der Waals surface area contributed by atoms with Gasteiger partial charge in [-0.3, -0.25) is 9.59 Å². The van der Waals surface area contributed by atoms with Crippen LogP contribution in [0.4, 0.5) is 0 Å². The Morgan fingerprint density at radius 3 is 1.36 bits per heavy atom. The molecule has 22 heavy (non-hydrogen) atoms. The van der Waals surface area contributed by atoms with Crippen molar-refractivity contribution >= 4 is 11.9 Å². The first-order valence-electron chi connectivity index (χ1n) is 8.08. The zero-order valence-electron chi connectivity index (χ0n) is 14.3. The number of rotatable bonds is 11. The molecule has 0 aliphatic carbocycles. The molecule has 0 saturated heterocycles. The molecule has 0 bridgehead atoms. The lowest BCUT2D eigenvalue weighted by atomic mass is 10.1. The molecule has 4 N–H and O–H groups in total. The van der Waals surface area contributed by atoms with E-state index in [4.69, 9.17) is 20.9 Å². The molecule has 0 aromatic carbocycles. The Morgan fingerprint density at radius 1 is 0.773 bits per heavy atom. The molecule has 0 fully saturated rings. The van der Waals surface area contributed by atoms with Crippen LogP contribution in [-0.4, -0.2) is 37.2 Å². The minimum Gasteiger partial charge on any atom is -0.465 e. The Kier molecular flexibility index (Phi) is 10.8. The minimum atomic E-state index is -0.563. The van der Waals surface area contributed by atoms with E-state index in [2.05, 4.69) is 0 Å². The first-order valence-corrected chi connectivity index (χ1v) is 8.08. The monoisotopic (exact) mass is 316 g/mol. The van der Waals surface area contributed by atoms with Crippen molar-refractivity contribution in [1.82, 2.24) is 0 Å². The normalized spacial score (nSPS) is 14.0. The number of hydrogen-bond donors (Lipinski definition) is 2. The van der Waals surface area contributed by atoms with Gasteiger partial charge >= 0.3 is 11.9 Å². The van der Waals surface area contributed by atoms with Gasteiger partial charge in [0.25, 0.3) is 0 Å². The Balaban J connectivity index is 3.65. The second-order valence-corrected chi connectivity index (χ2v) is 6.51. The lowest BCUT2D eigenvalue weighted by Crippen LogP contribution is -2.34. The Morgan fingerprint density at radius 2 is 1.09 bits per heavy atom. The summed E-state index contributed by atoms with van der Waals surface area (Å²) in [6.45, 7) is 8.61. The smallest absolute Gasteiger partial charge is 0.322 e. The van der Waals surface area contributed by atoms with Gasteiger partial charge in [-0.1, -0.05) is 27.7 Å². The molecule has 0 aromatic rings. The Bertz CT molecular complexity index is 300. The van der Waals surface area contributed by atoms with Crippen molar-refractivity contribution in [3.63, 3.8) is 0 Å². The molecule has 2 atom stereocenters. The van der Waals surface area contributed by atoms with E-state index >= 15 is 0 Å². The van der Waals surface area contributed by atoms with E-state index in [0.29, 0.717) is 50.7 Å². The molecule has 0 aliphatic rings. The molecule has 0 aromatic heterocycles. The second kappa shape index (κ2) is 11.4. The average molecular weight is 316 g/mol. The lowest BCUT2D eigenvalue weighted by Gasteiger charge is -2.14. The summed E-state index contributed by atoms with van der Waals surface area (Å²) in [4.78, 5) is 23.1. The van der Waals surface area contributed by atoms with E-state index in [9.17, 15) is 9.59 Å². The van der Waals surface area contributed by atoms with Crippen molar-refractivity contribution in [1.29, 1.82) is 0 Å². The van der Waals surface area contributed by atoms with Gasteiger partial charge in [-0.05, 0) is 37.5 Å². The molecule has 0 amide bonds. The van der Waals surface area contributed by atoms with E-state index in [1.54, 1.807) is 0 Å². The van der Waals surface area contributed by atoms with Crippen LogP contribution in [0.1, 0.15) is 53.4 Å². The molecular formula is C16H32N2O4. The first-order chi connectivity index (χ1) is 10.2. The van der Waals surface area contributed by atoms with Crippen LogP contribution in [0, 0.1) is 11.8 Å². The lowest BCUT2D eigenvalue weighted by molar-refractivity contribution is -0.148. The third-order valence-electron chi connectivity index (χ3n) is 3.08. The van der Waals surface area contributed by atoms with Crippen LogP contribution in [0.15, 0.2) is 0 Å². The predicted octanol–water partition coefficient (Wildman–Crippen LogP) is 1.60. The third-order valence-corrected chi connectivity index (χ3v) is 3.08. The zero-order chi connectivity index (χ0) is 17.1. The molecular weight excluding hydrogens is 284 g/mol. The summed E-state index contributed by atoms with van der Waals surface area (Å²) in [7, 11) is 0. The van der Waals surface area contributed by atoms with Gasteiger partial charge in [-0.15, -0.1) is 0 Å². The number of carbonyl (C=O) groups is 2. The van der Waals surface area contributed by atoms with Crippen molar-refractivity contribution in [2.24, 2.45) is 23.3 Å². The second-order valence-electron chi connectivity index (χ2n) is 6.51. The fourth-order valence-electron chi connectivity index (χ4n) is 1.97. The largest absolute Gasteiger partial charge is 0.465 e. The quantitative estimate of drug-likeness (QED) is 0.443. The highest BCUT2D eigenvalue weighted by atomic mass is 16.5. The molecule has 0 unspecified atom stereocenters. The molecule has 6 nitrogen and oxygen atoms in total. The van der Waals surface area contributed by atoms with E-state index in [-0.39, 0.29) is 11.9 Å². The topological polar surface area (TPSA) is 105 Å². The standard InChI is InChI=1S/C16H32N2O4/c1-11(2)9-13(17)15(19)21-7-5-6-8-22-16(20)14(18)10-12(3)4/h11-14H,5-10,17-18H2,1-4H3/t13-,14-/m0/s1. The van der Waals surface area contributed by atoms with Crippen LogP contribution in [0.2, 0.25) is 0 Å². The van der Waals surface area contributed by atoms with Gasteiger partial charge in [0.05, 0.1) is 13.2 Å². The minimum absolute atomic E-state index is 0.292. The van der Waals surface area contributed by atoms with Gasteiger partial charge in [0, 0.05) is 0 Å². The van der Waals surface area contributed by atoms with Crippen LogP contribution in [0.5, 0.6) is 0 Å². The molecule has 6 heteroatoms. The average Bonchev–Trinajstić information content (AvgIpc) is 2.40. The number of nitrogens with two attached hydrogens (primary N) is 2. The van der Waals surface area contributed by atoms with Gasteiger partial charge in [0.1, 0.15) is 12.1 Å². The van der Waals surface area contributed by atoms with Crippen molar-refractivity contribution in [3.05, 3.63) is 0 Å². The fraction of sp³-hybridized carbons (Fsp3) is 0.875. The summed E-state index contributed by atoms with van der Waals surface area (Å²) in [5.74, 6) is -0.0247. The van der Waals surface area contributed by atoms with Crippen LogP contribution >= 0.6 is 0 Å². The molecule has 0 saturated carbocycles. The van der Waals surface area contributed by atoms with Crippen LogP contribution < -0.4 is 11.5 Å². The van der Waals surface area contributed by atoms with Crippen molar-refractivity contribution in [2.45, 2.75) is 65.5 Å². The number of esters is 2. The Labute approximate surface area is 133 Å². The maximum absolute atomic E-state index is 11.6. The first kappa shape index (κ1) is 20.9. The number of unbranched alkanes of at least 4 members (excludes halogenated alkanes) is 1. The van der Waals surface area contributed by atoms with Gasteiger partial charge in [0.2, 0.25) is 0 Å². The van der Waals surface area contributed by atoms with E-state index in [1.165, 1.54) is 0 Å². The molecule has 0 radical (unpaired) electrons. The highest BCUT2D eigenvalue weighted by Crippen LogP contribution is 2.06. The van der Waals surface area contributed by atoms with Crippen molar-refractivity contribution in [3.8, 4) is 0 Å². The van der Waals surface area contributed by atoms with E-state index in [1.807, 2.05) is 27.7 Å². The fourth-order valence-corrected chi connectivity index (χ4v) is 1.97. The maximum Gasteiger partial charge on any atom is 0.322 e. The van der Waals surface area contributed by atoms with E-state index in [0.717, 1.165) is 0 Å². The summed E-state index contributed by atoms with van der Waals surface area (Å²) in [6, 6.07) is -1.13. The van der Waals surface area contributed by atoms with Crippen molar-refractivity contribution in [2.75, 3.05) is 13.2 Å². The van der Waals surface area contributed by atoms with Gasteiger partial charge in [0.15, 0.2) is 0 Å². The zero-order valence-corrected chi connectivity index (χ0v) is 14.3. The Hall–Kier alpha value is -1.14. The van der Waals surface area contributed by atoms with E-state index < -0.39 is 12.1 Å². The molecule has 0 heterocycles. The number of ether oxygens (including phenoxy) is 2. The van der Waals surface area contributed by atoms with Gasteiger partial charge in [-0.25, -0.2) is 0 Å². The van der Waals surface area contributed by atoms with Gasteiger partial charge < -0.3 is 20.9 Å². The summed E-state index contributed by atoms with van der Waals surface area (Å²) < 4.78 is 10.2. The predicted molar refractivity (Wildman–Crippen MR) is 86.0 cm³/mol. The van der Waals surface area contributed by atoms with Crippen LogP contribution in [0.25, 0.3) is 0 Å². The summed E-state index contributed by atoms with van der Waals surface area (Å²) >= 11 is 0. The third kappa shape index (κ3) is 10.6. The molecule has 0 spiro atoms. The summed E-state index contributed by atoms with van der Waals surface area (Å²) in [5, 5.41) is 0. The van der Waals surface area contributed by atoms with Crippen LogP contribution in [0.3, 0.4) is 0 Å². The molecule has 0 aliphatic heterocycles. The van der Waals surface area contributed by atoms with Gasteiger partial charge in [-0.2, -0.15) is 0 Å². The molecule has 0 rings (SSSR count).